The minimum Gasteiger partial charge on any atom is -0.305 e. The summed E-state index contributed by atoms with van der Waals surface area (Å²) in [5.41, 5.74) is -0.620. The van der Waals surface area contributed by atoms with Crippen molar-refractivity contribution in [3.05, 3.63) is 83.3 Å². The number of halogens is 4. The summed E-state index contributed by atoms with van der Waals surface area (Å²) in [6.45, 7) is 0.159. The van der Waals surface area contributed by atoms with E-state index in [1.165, 1.54) is 29.1 Å². The molecule has 8 heteroatoms. The summed E-state index contributed by atoms with van der Waals surface area (Å²) < 4.78 is 53.2. The van der Waals surface area contributed by atoms with Gasteiger partial charge in [0.1, 0.15) is 5.82 Å². The number of rotatable bonds is 4. The molecule has 3 rings (SSSR count). The van der Waals surface area contributed by atoms with Gasteiger partial charge in [-0.2, -0.15) is 18.3 Å². The van der Waals surface area contributed by atoms with Gasteiger partial charge in [-0.05, 0) is 24.3 Å². The summed E-state index contributed by atoms with van der Waals surface area (Å²) >= 11 is 0. The zero-order valence-electron chi connectivity index (χ0n) is 13.3. The van der Waals surface area contributed by atoms with Crippen LogP contribution in [0.2, 0.25) is 0 Å². The molecule has 0 unspecified atom stereocenters. The number of hydrogen-bond donors (Lipinski definition) is 1. The summed E-state index contributed by atoms with van der Waals surface area (Å²) in [7, 11) is 0. The first-order chi connectivity index (χ1) is 12.3. The Morgan fingerprint density at radius 2 is 1.85 bits per heavy atom. The van der Waals surface area contributed by atoms with Crippen molar-refractivity contribution in [2.75, 3.05) is 5.32 Å². The number of aromatic nitrogens is 2. The minimum atomic E-state index is -4.53. The number of anilines is 1. The Morgan fingerprint density at radius 3 is 2.58 bits per heavy atom. The van der Waals surface area contributed by atoms with Crippen molar-refractivity contribution in [2.24, 2.45) is 0 Å². The molecular weight excluding hydrogens is 350 g/mol. The average Bonchev–Trinajstić information content (AvgIpc) is 3.03. The van der Waals surface area contributed by atoms with Crippen LogP contribution >= 0.6 is 0 Å². The van der Waals surface area contributed by atoms with Crippen LogP contribution in [0.1, 0.15) is 21.5 Å². The molecule has 0 aliphatic heterocycles. The predicted molar refractivity (Wildman–Crippen MR) is 87.1 cm³/mol. The molecule has 0 saturated heterocycles. The van der Waals surface area contributed by atoms with Crippen LogP contribution < -0.4 is 5.32 Å². The second kappa shape index (κ2) is 6.99. The molecule has 3 aromatic rings. The second-order valence-electron chi connectivity index (χ2n) is 5.52. The lowest BCUT2D eigenvalue weighted by atomic mass is 10.1. The fourth-order valence-corrected chi connectivity index (χ4v) is 2.34. The van der Waals surface area contributed by atoms with Gasteiger partial charge in [-0.1, -0.05) is 24.3 Å². The van der Waals surface area contributed by atoms with Crippen molar-refractivity contribution in [1.82, 2.24) is 9.78 Å². The Balaban J connectivity index is 1.71. The van der Waals surface area contributed by atoms with Crippen LogP contribution in [-0.4, -0.2) is 15.7 Å². The summed E-state index contributed by atoms with van der Waals surface area (Å²) in [5, 5.41) is 6.50. The van der Waals surface area contributed by atoms with Crippen LogP contribution in [0, 0.1) is 5.82 Å². The highest BCUT2D eigenvalue weighted by atomic mass is 19.4. The van der Waals surface area contributed by atoms with Crippen molar-refractivity contribution in [2.45, 2.75) is 12.7 Å². The van der Waals surface area contributed by atoms with E-state index >= 15 is 0 Å². The molecule has 0 aliphatic rings. The van der Waals surface area contributed by atoms with Crippen molar-refractivity contribution in [1.29, 1.82) is 0 Å². The maximum absolute atomic E-state index is 13.6. The topological polar surface area (TPSA) is 46.9 Å². The molecule has 2 aromatic carbocycles. The molecule has 4 nitrogen and oxygen atoms in total. The molecule has 0 saturated carbocycles. The number of nitrogens with zero attached hydrogens (tertiary/aromatic N) is 2. The Labute approximate surface area is 146 Å². The molecule has 0 bridgehead atoms. The van der Waals surface area contributed by atoms with Gasteiger partial charge in [-0.15, -0.1) is 0 Å². The van der Waals surface area contributed by atoms with E-state index < -0.39 is 17.6 Å². The van der Waals surface area contributed by atoms with E-state index in [0.717, 1.165) is 18.2 Å². The minimum absolute atomic E-state index is 0.136. The van der Waals surface area contributed by atoms with Gasteiger partial charge in [0.25, 0.3) is 5.91 Å². The largest absolute Gasteiger partial charge is 0.416 e. The van der Waals surface area contributed by atoms with Gasteiger partial charge in [-0.25, -0.2) is 4.39 Å². The van der Waals surface area contributed by atoms with Gasteiger partial charge >= 0.3 is 6.18 Å². The number of carbonyl (C=O) groups excluding carboxylic acids is 1. The third-order valence-corrected chi connectivity index (χ3v) is 3.62. The Kier molecular flexibility index (Phi) is 4.75. The van der Waals surface area contributed by atoms with E-state index in [4.69, 9.17) is 0 Å². The van der Waals surface area contributed by atoms with Gasteiger partial charge in [0, 0.05) is 23.4 Å². The lowest BCUT2D eigenvalue weighted by Gasteiger charge is -2.08. The van der Waals surface area contributed by atoms with Gasteiger partial charge in [0.15, 0.2) is 5.82 Å². The molecule has 26 heavy (non-hydrogen) atoms. The van der Waals surface area contributed by atoms with Gasteiger partial charge in [-0.3, -0.25) is 9.48 Å². The zero-order valence-corrected chi connectivity index (χ0v) is 13.3. The quantitative estimate of drug-likeness (QED) is 0.701. The standard InChI is InChI=1S/C18H13F4N3O/c19-15-7-2-1-4-13(15)11-25-9-8-16(24-25)23-17(26)12-5-3-6-14(10-12)18(20,21)22/h1-10H,11H2,(H,23,24,26). The normalized spacial score (nSPS) is 11.4. The fraction of sp³-hybridized carbons (Fsp3) is 0.111. The van der Waals surface area contributed by atoms with E-state index in [1.54, 1.807) is 18.2 Å². The third-order valence-electron chi connectivity index (χ3n) is 3.62. The summed E-state index contributed by atoms with van der Waals surface area (Å²) in [4.78, 5) is 12.1. The molecule has 0 aliphatic carbocycles. The molecule has 1 heterocycles. The molecule has 0 fully saturated rings. The summed E-state index contributed by atoms with van der Waals surface area (Å²) in [6, 6.07) is 11.8. The summed E-state index contributed by atoms with van der Waals surface area (Å²) in [5.74, 6) is -0.937. The maximum atomic E-state index is 13.6. The van der Waals surface area contributed by atoms with Gasteiger partial charge < -0.3 is 5.32 Å². The third kappa shape index (κ3) is 4.08. The highest BCUT2D eigenvalue weighted by Gasteiger charge is 2.30. The molecule has 1 amide bonds. The fourth-order valence-electron chi connectivity index (χ4n) is 2.34. The predicted octanol–water partition coefficient (Wildman–Crippen LogP) is 4.34. The first kappa shape index (κ1) is 17.7. The molecule has 1 aromatic heterocycles. The van der Waals surface area contributed by atoms with Crippen LogP contribution in [0.4, 0.5) is 23.4 Å². The first-order valence-electron chi connectivity index (χ1n) is 7.58. The molecule has 0 radical (unpaired) electrons. The van der Waals surface area contributed by atoms with Crippen LogP contribution in [0.3, 0.4) is 0 Å². The number of amides is 1. The lowest BCUT2D eigenvalue weighted by molar-refractivity contribution is -0.137. The summed E-state index contributed by atoms with van der Waals surface area (Å²) in [6.07, 6.45) is -2.99. The van der Waals surface area contributed by atoms with Crippen LogP contribution in [0.25, 0.3) is 0 Å². The second-order valence-corrected chi connectivity index (χ2v) is 5.52. The average molecular weight is 363 g/mol. The van der Waals surface area contributed by atoms with E-state index in [0.29, 0.717) is 5.56 Å². The lowest BCUT2D eigenvalue weighted by Crippen LogP contribution is -2.14. The SMILES string of the molecule is O=C(Nc1ccn(Cc2ccccc2F)n1)c1cccc(C(F)(F)F)c1. The van der Waals surface area contributed by atoms with Crippen molar-refractivity contribution in [3.8, 4) is 0 Å². The Hall–Kier alpha value is -3.16. The smallest absolute Gasteiger partial charge is 0.305 e. The highest BCUT2D eigenvalue weighted by Crippen LogP contribution is 2.29. The number of nitrogens with one attached hydrogen (secondary N) is 1. The van der Waals surface area contributed by atoms with E-state index in [2.05, 4.69) is 10.4 Å². The number of carbonyl (C=O) groups is 1. The first-order valence-corrected chi connectivity index (χ1v) is 7.58. The molecule has 0 spiro atoms. The molecule has 1 N–H and O–H groups in total. The highest BCUT2D eigenvalue weighted by molar-refractivity contribution is 6.03. The Morgan fingerprint density at radius 1 is 1.08 bits per heavy atom. The van der Waals surface area contributed by atoms with E-state index in [1.807, 2.05) is 0 Å². The Bertz CT molecular complexity index is 934. The number of benzene rings is 2. The zero-order chi connectivity index (χ0) is 18.7. The monoisotopic (exact) mass is 363 g/mol. The van der Waals surface area contributed by atoms with Crippen LogP contribution in [-0.2, 0) is 12.7 Å². The number of hydrogen-bond acceptors (Lipinski definition) is 2. The van der Waals surface area contributed by atoms with Crippen molar-refractivity contribution < 1.29 is 22.4 Å². The van der Waals surface area contributed by atoms with Gasteiger partial charge in [0.2, 0.25) is 0 Å². The van der Waals surface area contributed by atoms with Crippen LogP contribution in [0.5, 0.6) is 0 Å². The van der Waals surface area contributed by atoms with Crippen molar-refractivity contribution >= 4 is 11.7 Å². The van der Waals surface area contributed by atoms with Crippen LogP contribution in [0.15, 0.2) is 60.8 Å². The molecule has 0 atom stereocenters. The molecular formula is C18H13F4N3O. The molecule has 134 valence electrons. The van der Waals surface area contributed by atoms with E-state index in [-0.39, 0.29) is 23.7 Å². The van der Waals surface area contributed by atoms with E-state index in [9.17, 15) is 22.4 Å². The maximum Gasteiger partial charge on any atom is 0.416 e. The number of alkyl halides is 3. The van der Waals surface area contributed by atoms with Gasteiger partial charge in [0.05, 0.1) is 12.1 Å². The van der Waals surface area contributed by atoms with Crippen molar-refractivity contribution in [3.63, 3.8) is 0 Å².